The zero-order chi connectivity index (χ0) is 18.2. The number of rotatable bonds is 8. The maximum Gasteiger partial charge on any atom is 0.194 e. The second kappa shape index (κ2) is 10.0. The quantitative estimate of drug-likeness (QED) is 0.570. The van der Waals surface area contributed by atoms with Gasteiger partial charge in [-0.05, 0) is 50.4 Å². The average molecular weight is 361 g/mol. The van der Waals surface area contributed by atoms with Crippen LogP contribution in [-0.2, 0) is 6.42 Å². The Morgan fingerprint density at radius 1 is 1.27 bits per heavy atom. The average Bonchev–Trinajstić information content (AvgIpc) is 3.41. The zero-order valence-electron chi connectivity index (χ0n) is 16.6. The van der Waals surface area contributed by atoms with Crippen LogP contribution in [-0.4, -0.2) is 61.1 Å². The Kier molecular flexibility index (Phi) is 7.42. The van der Waals surface area contributed by atoms with E-state index < -0.39 is 0 Å². The van der Waals surface area contributed by atoms with Crippen molar-refractivity contribution in [2.45, 2.75) is 58.4 Å². The Hall–Kier alpha value is -1.49. The predicted octanol–water partition coefficient (Wildman–Crippen LogP) is 3.37. The molecule has 3 rings (SSSR count). The van der Waals surface area contributed by atoms with Gasteiger partial charge in [0.2, 0.25) is 0 Å². The molecule has 0 spiro atoms. The first-order chi connectivity index (χ1) is 12.8. The normalized spacial score (nSPS) is 21.9. The van der Waals surface area contributed by atoms with Crippen molar-refractivity contribution in [3.8, 4) is 0 Å². The van der Waals surface area contributed by atoms with E-state index in [1.54, 1.807) is 6.26 Å². The molecule has 1 unspecified atom stereocenters. The third-order valence-electron chi connectivity index (χ3n) is 5.88. The molecule has 1 aliphatic carbocycles. The van der Waals surface area contributed by atoms with E-state index >= 15 is 0 Å². The summed E-state index contributed by atoms with van der Waals surface area (Å²) in [5, 5.41) is 3.77. The van der Waals surface area contributed by atoms with Crippen molar-refractivity contribution in [1.82, 2.24) is 15.1 Å². The summed E-state index contributed by atoms with van der Waals surface area (Å²) in [4.78, 5) is 10.00. The molecular formula is C21H36N4O. The van der Waals surface area contributed by atoms with Crippen LogP contribution < -0.4 is 5.32 Å². The molecule has 1 aromatic rings. The van der Waals surface area contributed by atoms with Gasteiger partial charge in [-0.25, -0.2) is 0 Å². The van der Waals surface area contributed by atoms with Crippen molar-refractivity contribution in [1.29, 1.82) is 0 Å². The summed E-state index contributed by atoms with van der Waals surface area (Å²) < 4.78 is 5.45. The van der Waals surface area contributed by atoms with Crippen LogP contribution in [0.1, 0.15) is 51.7 Å². The van der Waals surface area contributed by atoms with Crippen LogP contribution in [0.3, 0.4) is 0 Å². The summed E-state index contributed by atoms with van der Waals surface area (Å²) in [6, 6.07) is 4.60. The first-order valence-electron chi connectivity index (χ1n) is 10.6. The van der Waals surface area contributed by atoms with E-state index in [0.29, 0.717) is 6.04 Å². The number of likely N-dealkylation sites (tertiary alicyclic amines) is 1. The molecule has 1 saturated heterocycles. The molecule has 146 valence electrons. The molecule has 1 N–H and O–H groups in total. The standard InChI is InChI=1S/C21H36N4O/c1-3-24(4-2)16-18-12-14-25(17-18)21(23-19-8-5-6-9-19)22-13-11-20-10-7-15-26-20/h7,10,15,18-19H,3-6,8-9,11-14,16-17H2,1-2H3,(H,22,23). The number of nitrogens with one attached hydrogen (secondary N) is 1. The van der Waals surface area contributed by atoms with Crippen molar-refractivity contribution < 1.29 is 4.42 Å². The van der Waals surface area contributed by atoms with E-state index in [4.69, 9.17) is 9.41 Å². The topological polar surface area (TPSA) is 44.0 Å². The first kappa shape index (κ1) is 19.3. The number of furan rings is 1. The van der Waals surface area contributed by atoms with Crippen LogP contribution >= 0.6 is 0 Å². The largest absolute Gasteiger partial charge is 0.469 e. The second-order valence-corrected chi connectivity index (χ2v) is 7.75. The molecule has 0 aromatic carbocycles. The first-order valence-corrected chi connectivity index (χ1v) is 10.6. The van der Waals surface area contributed by atoms with Crippen LogP contribution in [0, 0.1) is 5.92 Å². The van der Waals surface area contributed by atoms with Crippen LogP contribution in [0.2, 0.25) is 0 Å². The fraction of sp³-hybridized carbons (Fsp3) is 0.762. The van der Waals surface area contributed by atoms with Gasteiger partial charge in [0.25, 0.3) is 0 Å². The highest BCUT2D eigenvalue weighted by Gasteiger charge is 2.27. The maximum atomic E-state index is 5.45. The minimum atomic E-state index is 0.610. The molecule has 1 aromatic heterocycles. The molecule has 26 heavy (non-hydrogen) atoms. The molecule has 1 saturated carbocycles. The Balaban J connectivity index is 1.57. The van der Waals surface area contributed by atoms with Gasteiger partial charge in [0.15, 0.2) is 5.96 Å². The summed E-state index contributed by atoms with van der Waals surface area (Å²) in [7, 11) is 0. The highest BCUT2D eigenvalue weighted by molar-refractivity contribution is 5.80. The van der Waals surface area contributed by atoms with Crippen LogP contribution in [0.5, 0.6) is 0 Å². The molecule has 0 amide bonds. The van der Waals surface area contributed by atoms with Crippen molar-refractivity contribution in [3.63, 3.8) is 0 Å². The molecule has 0 radical (unpaired) electrons. The number of guanidine groups is 1. The third kappa shape index (κ3) is 5.50. The summed E-state index contributed by atoms with van der Waals surface area (Å²) in [6.07, 6.45) is 9.17. The van der Waals surface area contributed by atoms with Gasteiger partial charge in [-0.1, -0.05) is 26.7 Å². The van der Waals surface area contributed by atoms with E-state index in [9.17, 15) is 0 Å². The fourth-order valence-electron chi connectivity index (χ4n) is 4.24. The lowest BCUT2D eigenvalue weighted by Gasteiger charge is -2.26. The SMILES string of the molecule is CCN(CC)CC1CCN(C(=NCCc2ccco2)NC2CCCC2)C1. The van der Waals surface area contributed by atoms with Crippen LogP contribution in [0.4, 0.5) is 0 Å². The van der Waals surface area contributed by atoms with Gasteiger partial charge >= 0.3 is 0 Å². The summed E-state index contributed by atoms with van der Waals surface area (Å²) in [5.74, 6) is 2.91. The number of hydrogen-bond acceptors (Lipinski definition) is 3. The highest BCUT2D eigenvalue weighted by Crippen LogP contribution is 2.21. The highest BCUT2D eigenvalue weighted by atomic mass is 16.3. The lowest BCUT2D eigenvalue weighted by atomic mass is 10.1. The Bertz CT molecular complexity index is 532. The van der Waals surface area contributed by atoms with Gasteiger partial charge in [0.05, 0.1) is 6.26 Å². The smallest absolute Gasteiger partial charge is 0.194 e. The molecule has 0 bridgehead atoms. The molecule has 1 atom stereocenters. The van der Waals surface area contributed by atoms with E-state index in [-0.39, 0.29) is 0 Å². The van der Waals surface area contributed by atoms with Gasteiger partial charge in [0.1, 0.15) is 5.76 Å². The third-order valence-corrected chi connectivity index (χ3v) is 5.88. The summed E-state index contributed by atoms with van der Waals surface area (Å²) >= 11 is 0. The minimum Gasteiger partial charge on any atom is -0.469 e. The number of hydrogen-bond donors (Lipinski definition) is 1. The molecule has 2 aliphatic rings. The second-order valence-electron chi connectivity index (χ2n) is 7.75. The van der Waals surface area contributed by atoms with E-state index in [1.807, 2.05) is 12.1 Å². The van der Waals surface area contributed by atoms with Crippen molar-refractivity contribution >= 4 is 5.96 Å². The van der Waals surface area contributed by atoms with E-state index in [0.717, 1.165) is 56.8 Å². The van der Waals surface area contributed by atoms with Gasteiger partial charge in [-0.2, -0.15) is 0 Å². The molecule has 5 nitrogen and oxygen atoms in total. The van der Waals surface area contributed by atoms with Gasteiger partial charge in [0, 0.05) is 38.6 Å². The fourth-order valence-corrected chi connectivity index (χ4v) is 4.24. The van der Waals surface area contributed by atoms with E-state index in [1.165, 1.54) is 38.6 Å². The molecule has 2 heterocycles. The van der Waals surface area contributed by atoms with Crippen LogP contribution in [0.15, 0.2) is 27.8 Å². The van der Waals surface area contributed by atoms with Gasteiger partial charge in [-0.3, -0.25) is 4.99 Å². The minimum absolute atomic E-state index is 0.610. The number of nitrogens with zero attached hydrogens (tertiary/aromatic N) is 3. The zero-order valence-corrected chi connectivity index (χ0v) is 16.6. The van der Waals surface area contributed by atoms with Crippen molar-refractivity contribution in [3.05, 3.63) is 24.2 Å². The van der Waals surface area contributed by atoms with Crippen molar-refractivity contribution in [2.24, 2.45) is 10.9 Å². The Labute approximate surface area is 158 Å². The van der Waals surface area contributed by atoms with E-state index in [2.05, 4.69) is 29.0 Å². The molecule has 2 fully saturated rings. The molecule has 1 aliphatic heterocycles. The van der Waals surface area contributed by atoms with Crippen molar-refractivity contribution in [2.75, 3.05) is 39.3 Å². The Morgan fingerprint density at radius 2 is 2.08 bits per heavy atom. The van der Waals surface area contributed by atoms with Gasteiger partial charge in [-0.15, -0.1) is 0 Å². The Morgan fingerprint density at radius 3 is 2.77 bits per heavy atom. The maximum absolute atomic E-state index is 5.45. The monoisotopic (exact) mass is 360 g/mol. The number of aliphatic imine (C=N–C) groups is 1. The lowest BCUT2D eigenvalue weighted by molar-refractivity contribution is 0.255. The summed E-state index contributed by atoms with van der Waals surface area (Å²) in [6.45, 7) is 11.1. The van der Waals surface area contributed by atoms with Crippen LogP contribution in [0.25, 0.3) is 0 Å². The molecular weight excluding hydrogens is 324 g/mol. The van der Waals surface area contributed by atoms with Gasteiger partial charge < -0.3 is 19.5 Å². The predicted molar refractivity (Wildman–Crippen MR) is 108 cm³/mol. The lowest BCUT2D eigenvalue weighted by Crippen LogP contribution is -2.45. The summed E-state index contributed by atoms with van der Waals surface area (Å²) in [5.41, 5.74) is 0. The molecule has 5 heteroatoms.